The molecular formula is C19H39F9O5Si4. The summed E-state index contributed by atoms with van der Waals surface area (Å²) in [6, 6.07) is -1.62. The molecule has 0 aromatic heterocycles. The minimum absolute atomic E-state index is 0.0785. The standard InChI is InChI=1S/C19H39F9O5Si4/c1-34(2,13-6-11-31-12-10-29)37(5,16-9-19(26,27)28)33-36(4,15-8-18(23,24)25)32-35(3,30)14-7-17(20,21)22/h29-30H,6-16H2,1-5H3. The lowest BCUT2D eigenvalue weighted by Crippen LogP contribution is -2.66. The summed E-state index contributed by atoms with van der Waals surface area (Å²) in [5, 5.41) is 8.81. The predicted octanol–water partition coefficient (Wildman–Crippen LogP) is 6.77. The summed E-state index contributed by atoms with van der Waals surface area (Å²) in [6.07, 6.45) is -17.5. The first-order chi connectivity index (χ1) is 16.3. The number of halogens is 9. The second kappa shape index (κ2) is 14.1. The van der Waals surface area contributed by atoms with Crippen LogP contribution in [0.1, 0.15) is 25.7 Å². The van der Waals surface area contributed by atoms with Gasteiger partial charge in [0, 0.05) is 25.9 Å². The Morgan fingerprint density at radius 3 is 1.54 bits per heavy atom. The highest BCUT2D eigenvalue weighted by Crippen LogP contribution is 2.40. The molecule has 0 bridgehead atoms. The molecule has 0 aliphatic rings. The van der Waals surface area contributed by atoms with Crippen LogP contribution in [0.4, 0.5) is 39.5 Å². The van der Waals surface area contributed by atoms with E-state index < -0.39 is 88.5 Å². The van der Waals surface area contributed by atoms with Gasteiger partial charge in [-0.05, 0) is 44.2 Å². The molecule has 0 fully saturated rings. The van der Waals surface area contributed by atoms with Gasteiger partial charge in [-0.1, -0.05) is 19.1 Å². The van der Waals surface area contributed by atoms with Gasteiger partial charge < -0.3 is 22.9 Å². The average Bonchev–Trinajstić information content (AvgIpc) is 2.67. The van der Waals surface area contributed by atoms with Gasteiger partial charge in [-0.2, -0.15) is 39.5 Å². The van der Waals surface area contributed by atoms with Crippen molar-refractivity contribution in [3.63, 3.8) is 0 Å². The summed E-state index contributed by atoms with van der Waals surface area (Å²) < 4.78 is 134. The molecule has 0 aromatic carbocycles. The van der Waals surface area contributed by atoms with Crippen molar-refractivity contribution in [2.45, 2.75) is 101 Å². The first-order valence-corrected chi connectivity index (χ1v) is 23.8. The van der Waals surface area contributed by atoms with E-state index in [-0.39, 0.29) is 19.8 Å². The Morgan fingerprint density at radius 2 is 1.08 bits per heavy atom. The zero-order chi connectivity index (χ0) is 29.4. The van der Waals surface area contributed by atoms with Crippen molar-refractivity contribution in [2.75, 3.05) is 19.8 Å². The van der Waals surface area contributed by atoms with E-state index in [4.69, 9.17) is 18.1 Å². The molecule has 0 saturated carbocycles. The molecule has 0 aromatic rings. The van der Waals surface area contributed by atoms with Gasteiger partial charge in [-0.25, -0.2) is 0 Å². The normalized spacial score (nSPS) is 18.8. The van der Waals surface area contributed by atoms with Gasteiger partial charge in [-0.3, -0.25) is 0 Å². The Morgan fingerprint density at radius 1 is 0.622 bits per heavy atom. The van der Waals surface area contributed by atoms with E-state index in [9.17, 15) is 44.3 Å². The molecule has 3 unspecified atom stereocenters. The van der Waals surface area contributed by atoms with Gasteiger partial charge in [0.05, 0.1) is 20.8 Å². The van der Waals surface area contributed by atoms with Crippen molar-refractivity contribution in [1.29, 1.82) is 0 Å². The van der Waals surface area contributed by atoms with Crippen molar-refractivity contribution in [3.8, 4) is 0 Å². The van der Waals surface area contributed by atoms with E-state index in [1.165, 1.54) is 13.1 Å². The SMILES string of the molecule is C[Si](O)(CCC(F)(F)F)O[Si](C)(CCC(F)(F)F)O[Si](C)(CCC(F)(F)F)[Si](C)(C)CCCOCCO. The van der Waals surface area contributed by atoms with Crippen LogP contribution in [0.25, 0.3) is 0 Å². The number of alkyl halides is 9. The summed E-state index contributed by atoms with van der Waals surface area (Å²) in [5.74, 6) is 0. The molecule has 37 heavy (non-hydrogen) atoms. The Labute approximate surface area is 216 Å². The van der Waals surface area contributed by atoms with Crippen LogP contribution in [0, 0.1) is 0 Å². The van der Waals surface area contributed by atoms with Gasteiger partial charge >= 0.3 is 35.7 Å². The summed E-state index contributed by atoms with van der Waals surface area (Å²) in [7, 11) is -14.5. The monoisotopic (exact) mass is 630 g/mol. The molecule has 18 heteroatoms. The maximum atomic E-state index is 13.2. The molecule has 0 aliphatic heterocycles. The van der Waals surface area contributed by atoms with E-state index in [0.717, 1.165) is 6.55 Å². The first kappa shape index (κ1) is 37.0. The summed E-state index contributed by atoms with van der Waals surface area (Å²) in [5.41, 5.74) is 0. The molecule has 0 radical (unpaired) electrons. The maximum Gasteiger partial charge on any atom is 0.389 e. The van der Waals surface area contributed by atoms with Crippen LogP contribution >= 0.6 is 0 Å². The highest BCUT2D eigenvalue weighted by atomic mass is 29.3. The van der Waals surface area contributed by atoms with Gasteiger partial charge in [0.1, 0.15) is 0 Å². The lowest BCUT2D eigenvalue weighted by Gasteiger charge is -2.48. The molecular weight excluding hydrogens is 592 g/mol. The second-order valence-corrected chi connectivity index (χ2v) is 32.1. The fraction of sp³-hybridized carbons (Fsp3) is 1.00. The summed E-state index contributed by atoms with van der Waals surface area (Å²) in [6.45, 7) is 7.39. The van der Waals surface area contributed by atoms with Gasteiger partial charge in [0.25, 0.3) is 0 Å². The zero-order valence-electron chi connectivity index (χ0n) is 21.8. The van der Waals surface area contributed by atoms with E-state index in [1.54, 1.807) is 13.1 Å². The maximum absolute atomic E-state index is 13.2. The number of hydrogen-bond donors (Lipinski definition) is 2. The Hall–Kier alpha value is 0.0375. The quantitative estimate of drug-likeness (QED) is 0.105. The third-order valence-corrected chi connectivity index (χ3v) is 32.3. The highest BCUT2D eigenvalue weighted by Gasteiger charge is 2.54. The molecule has 2 N–H and O–H groups in total. The number of aliphatic hydroxyl groups excluding tert-OH is 1. The van der Waals surface area contributed by atoms with Gasteiger partial charge in [-0.15, -0.1) is 0 Å². The van der Waals surface area contributed by atoms with Gasteiger partial charge in [0.2, 0.25) is 0 Å². The fourth-order valence-corrected chi connectivity index (χ4v) is 28.1. The topological polar surface area (TPSA) is 68.2 Å². The Bertz CT molecular complexity index is 678. The number of ether oxygens (including phenoxy) is 1. The van der Waals surface area contributed by atoms with Crippen molar-refractivity contribution in [1.82, 2.24) is 0 Å². The van der Waals surface area contributed by atoms with Crippen molar-refractivity contribution in [2.24, 2.45) is 0 Å². The first-order valence-electron chi connectivity index (χ1n) is 11.9. The van der Waals surface area contributed by atoms with E-state index in [0.29, 0.717) is 12.5 Å². The van der Waals surface area contributed by atoms with E-state index in [2.05, 4.69) is 0 Å². The fourth-order valence-electron chi connectivity index (χ4n) is 3.81. The summed E-state index contributed by atoms with van der Waals surface area (Å²) in [4.78, 5) is 10.6. The van der Waals surface area contributed by atoms with Crippen LogP contribution < -0.4 is 0 Å². The summed E-state index contributed by atoms with van der Waals surface area (Å²) >= 11 is 0. The molecule has 0 spiro atoms. The smallest absolute Gasteiger partial charge is 0.389 e. The van der Waals surface area contributed by atoms with Crippen molar-refractivity contribution >= 4 is 32.5 Å². The third kappa shape index (κ3) is 16.7. The highest BCUT2D eigenvalue weighted by molar-refractivity contribution is 7.39. The molecule has 0 heterocycles. The molecule has 3 atom stereocenters. The minimum Gasteiger partial charge on any atom is -0.439 e. The lowest BCUT2D eigenvalue weighted by atomic mass is 10.5. The van der Waals surface area contributed by atoms with Crippen LogP contribution in [0.15, 0.2) is 0 Å². The van der Waals surface area contributed by atoms with Crippen LogP contribution in [-0.4, -0.2) is 80.8 Å². The molecule has 0 amide bonds. The molecule has 0 rings (SSSR count). The van der Waals surface area contributed by atoms with Crippen LogP contribution in [0.3, 0.4) is 0 Å². The molecule has 224 valence electrons. The Kier molecular flexibility index (Phi) is 14.1. The van der Waals surface area contributed by atoms with Crippen LogP contribution in [0.5, 0.6) is 0 Å². The second-order valence-electron chi connectivity index (χ2n) is 10.4. The molecule has 0 saturated heterocycles. The van der Waals surface area contributed by atoms with E-state index in [1.807, 2.05) is 0 Å². The largest absolute Gasteiger partial charge is 0.439 e. The Balaban J connectivity index is 6.11. The minimum atomic E-state index is -4.67. The lowest BCUT2D eigenvalue weighted by molar-refractivity contribution is -0.132. The zero-order valence-corrected chi connectivity index (χ0v) is 25.8. The van der Waals surface area contributed by atoms with Crippen molar-refractivity contribution < 1.29 is 62.4 Å². The number of hydrogen-bond acceptors (Lipinski definition) is 5. The van der Waals surface area contributed by atoms with Crippen molar-refractivity contribution in [3.05, 3.63) is 0 Å². The van der Waals surface area contributed by atoms with Gasteiger partial charge in [0.15, 0.2) is 7.83 Å². The third-order valence-electron chi connectivity index (χ3n) is 6.26. The van der Waals surface area contributed by atoms with Crippen LogP contribution in [-0.2, 0) is 13.0 Å². The number of rotatable bonds is 17. The van der Waals surface area contributed by atoms with E-state index >= 15 is 0 Å². The average molecular weight is 631 g/mol. The predicted molar refractivity (Wildman–Crippen MR) is 130 cm³/mol. The molecule has 5 nitrogen and oxygen atoms in total. The number of aliphatic hydroxyl groups is 1. The van der Waals surface area contributed by atoms with Crippen LogP contribution in [0.2, 0.25) is 56.9 Å². The molecule has 0 aliphatic carbocycles.